The fourth-order valence-corrected chi connectivity index (χ4v) is 5.63. The predicted molar refractivity (Wildman–Crippen MR) is 121 cm³/mol. The van der Waals surface area contributed by atoms with Crippen LogP contribution in [-0.4, -0.2) is 43.7 Å². The molecular weight excluding hydrogens is 434 g/mol. The van der Waals surface area contributed by atoms with E-state index in [2.05, 4.69) is 10.6 Å². The Bertz CT molecular complexity index is 980. The molecule has 1 aromatic heterocycles. The van der Waals surface area contributed by atoms with Gasteiger partial charge in [-0.1, -0.05) is 38.5 Å². The topological polar surface area (TPSA) is 95.6 Å². The number of piperidine rings is 1. The van der Waals surface area contributed by atoms with Crippen LogP contribution in [0.5, 0.6) is 0 Å². The molecule has 31 heavy (non-hydrogen) atoms. The molecule has 0 bridgehead atoms. The average Bonchev–Trinajstić information content (AvgIpc) is 3.31. The van der Waals surface area contributed by atoms with Crippen molar-refractivity contribution in [3.8, 4) is 0 Å². The number of benzene rings is 1. The monoisotopic (exact) mass is 463 g/mol. The van der Waals surface area contributed by atoms with Gasteiger partial charge in [0.15, 0.2) is 0 Å². The summed E-state index contributed by atoms with van der Waals surface area (Å²) in [5.74, 6) is -0.623. The second kappa shape index (κ2) is 10.4. The van der Waals surface area contributed by atoms with Gasteiger partial charge in [0.05, 0.1) is 9.77 Å². The number of amides is 2. The predicted octanol–water partition coefficient (Wildman–Crippen LogP) is 2.99. The molecule has 1 fully saturated rings. The number of carbonyl (C=O) groups excluding carboxylic acids is 2. The zero-order valence-corrected chi connectivity index (χ0v) is 19.5. The molecule has 2 heterocycles. The fraction of sp³-hybridized carbons (Fsp3) is 0.455. The second-order valence-corrected chi connectivity index (χ2v) is 10.9. The first-order valence-corrected chi connectivity index (χ1v) is 12.8. The summed E-state index contributed by atoms with van der Waals surface area (Å²) in [5.41, 5.74) is 0.790. The minimum absolute atomic E-state index is 0.0824. The molecule has 168 valence electrons. The number of rotatable bonds is 8. The second-order valence-electron chi connectivity index (χ2n) is 8.00. The number of nitrogens with one attached hydrogen (secondary N) is 2. The minimum Gasteiger partial charge on any atom is -0.350 e. The van der Waals surface area contributed by atoms with E-state index in [9.17, 15) is 18.0 Å². The molecule has 0 radical (unpaired) electrons. The first kappa shape index (κ1) is 23.4. The summed E-state index contributed by atoms with van der Waals surface area (Å²) in [5, 5.41) is 7.45. The Morgan fingerprint density at radius 2 is 1.74 bits per heavy atom. The summed E-state index contributed by atoms with van der Waals surface area (Å²) >= 11 is 1.32. The van der Waals surface area contributed by atoms with Gasteiger partial charge in [0.2, 0.25) is 15.9 Å². The third-order valence-corrected chi connectivity index (χ3v) is 8.11. The van der Waals surface area contributed by atoms with E-state index in [0.29, 0.717) is 18.0 Å². The van der Waals surface area contributed by atoms with E-state index in [4.69, 9.17) is 0 Å². The van der Waals surface area contributed by atoms with Crippen LogP contribution < -0.4 is 10.6 Å². The van der Waals surface area contributed by atoms with Crippen molar-refractivity contribution in [2.45, 2.75) is 50.6 Å². The average molecular weight is 464 g/mol. The van der Waals surface area contributed by atoms with Crippen molar-refractivity contribution in [1.29, 1.82) is 0 Å². The molecule has 2 amide bonds. The minimum atomic E-state index is -3.47. The lowest BCUT2D eigenvalue weighted by Gasteiger charge is -2.26. The van der Waals surface area contributed by atoms with Crippen molar-refractivity contribution in [1.82, 2.24) is 14.9 Å². The maximum absolute atomic E-state index is 12.7. The number of hydrogen-bond acceptors (Lipinski definition) is 5. The molecule has 2 N–H and O–H groups in total. The van der Waals surface area contributed by atoms with Crippen LogP contribution in [0.4, 0.5) is 0 Å². The zero-order chi connectivity index (χ0) is 22.4. The molecule has 7 nitrogen and oxygen atoms in total. The van der Waals surface area contributed by atoms with Crippen LogP contribution in [0.3, 0.4) is 0 Å². The first-order valence-electron chi connectivity index (χ1n) is 10.5. The zero-order valence-electron chi connectivity index (χ0n) is 17.8. The first-order chi connectivity index (χ1) is 14.8. The highest BCUT2D eigenvalue weighted by molar-refractivity contribution is 7.89. The summed E-state index contributed by atoms with van der Waals surface area (Å²) in [6, 6.07) is 9.45. The molecule has 0 spiro atoms. The van der Waals surface area contributed by atoms with Crippen molar-refractivity contribution in [2.24, 2.45) is 5.92 Å². The molecule has 2 aromatic rings. The van der Waals surface area contributed by atoms with Gasteiger partial charge >= 0.3 is 0 Å². The van der Waals surface area contributed by atoms with Gasteiger partial charge in [-0.3, -0.25) is 9.59 Å². The lowest BCUT2D eigenvalue weighted by Crippen LogP contribution is -2.49. The van der Waals surface area contributed by atoms with Gasteiger partial charge in [0.25, 0.3) is 5.91 Å². The summed E-state index contributed by atoms with van der Waals surface area (Å²) in [6.07, 6.45) is 2.85. The standard InChI is InChI=1S/C22H29N3O4S2/c1-16(2)20(24-21(26)19-7-6-14-30-19)22(27)23-15-17-8-10-18(11-9-17)31(28,29)25-12-4-3-5-13-25/h6-11,14,16,20H,3-5,12-13,15H2,1-2H3,(H,23,27)(H,24,26)/t20-/m1/s1. The van der Waals surface area contributed by atoms with Crippen molar-refractivity contribution in [3.63, 3.8) is 0 Å². The van der Waals surface area contributed by atoms with Crippen LogP contribution in [0.2, 0.25) is 0 Å². The Morgan fingerprint density at radius 3 is 2.32 bits per heavy atom. The van der Waals surface area contributed by atoms with Crippen molar-refractivity contribution in [2.75, 3.05) is 13.1 Å². The number of hydrogen-bond donors (Lipinski definition) is 2. The van der Waals surface area contributed by atoms with Crippen molar-refractivity contribution >= 4 is 33.2 Å². The third kappa shape index (κ3) is 5.93. The molecule has 9 heteroatoms. The molecule has 0 saturated carbocycles. The molecule has 1 aliphatic rings. The molecule has 3 rings (SSSR count). The maximum Gasteiger partial charge on any atom is 0.262 e. The van der Waals surface area contributed by atoms with E-state index >= 15 is 0 Å². The quantitative estimate of drug-likeness (QED) is 0.629. The van der Waals surface area contributed by atoms with Crippen molar-refractivity contribution < 1.29 is 18.0 Å². The molecular formula is C22H29N3O4S2. The molecule has 1 atom stereocenters. The molecule has 1 aromatic carbocycles. The van der Waals surface area contributed by atoms with E-state index in [1.165, 1.54) is 15.6 Å². The summed E-state index contributed by atoms with van der Waals surface area (Å²) in [7, 11) is -3.47. The largest absolute Gasteiger partial charge is 0.350 e. The summed E-state index contributed by atoms with van der Waals surface area (Å²) < 4.78 is 27.0. The van der Waals surface area contributed by atoms with Gasteiger partial charge in [-0.25, -0.2) is 8.42 Å². The summed E-state index contributed by atoms with van der Waals surface area (Å²) in [6.45, 7) is 5.13. The maximum atomic E-state index is 12.7. The van der Waals surface area contributed by atoms with E-state index in [0.717, 1.165) is 24.8 Å². The summed E-state index contributed by atoms with van der Waals surface area (Å²) in [4.78, 5) is 25.8. The van der Waals surface area contributed by atoms with Gasteiger partial charge in [-0.05, 0) is 47.9 Å². The van der Waals surface area contributed by atoms with Crippen LogP contribution in [0.1, 0.15) is 48.3 Å². The van der Waals surface area contributed by atoms with Gasteiger partial charge in [-0.2, -0.15) is 4.31 Å². The Hall–Kier alpha value is -2.23. The Labute approximate surface area is 187 Å². The number of carbonyl (C=O) groups is 2. The lowest BCUT2D eigenvalue weighted by molar-refractivity contribution is -0.124. The van der Waals surface area contributed by atoms with Gasteiger partial charge < -0.3 is 10.6 Å². The van der Waals surface area contributed by atoms with Crippen LogP contribution >= 0.6 is 11.3 Å². The lowest BCUT2D eigenvalue weighted by atomic mass is 10.0. The molecule has 0 unspecified atom stereocenters. The highest BCUT2D eigenvalue weighted by Crippen LogP contribution is 2.21. The Morgan fingerprint density at radius 1 is 1.06 bits per heavy atom. The number of sulfonamides is 1. The Kier molecular flexibility index (Phi) is 7.85. The van der Waals surface area contributed by atoms with Gasteiger partial charge in [-0.15, -0.1) is 11.3 Å². The third-order valence-electron chi connectivity index (χ3n) is 5.32. The molecule has 0 aliphatic carbocycles. The van der Waals surface area contributed by atoms with Crippen LogP contribution in [0.15, 0.2) is 46.7 Å². The van der Waals surface area contributed by atoms with Gasteiger partial charge in [0, 0.05) is 19.6 Å². The van der Waals surface area contributed by atoms with Gasteiger partial charge in [0.1, 0.15) is 6.04 Å². The van der Waals surface area contributed by atoms with E-state index < -0.39 is 16.1 Å². The van der Waals surface area contributed by atoms with E-state index in [1.54, 1.807) is 36.4 Å². The van der Waals surface area contributed by atoms with E-state index in [1.807, 2.05) is 19.2 Å². The molecule has 1 aliphatic heterocycles. The van der Waals surface area contributed by atoms with Crippen LogP contribution in [-0.2, 0) is 21.4 Å². The SMILES string of the molecule is CC(C)[C@@H](NC(=O)c1cccs1)C(=O)NCc1ccc(S(=O)(=O)N2CCCCC2)cc1. The Balaban J connectivity index is 1.59. The number of nitrogens with zero attached hydrogens (tertiary/aromatic N) is 1. The smallest absolute Gasteiger partial charge is 0.262 e. The van der Waals surface area contributed by atoms with E-state index in [-0.39, 0.29) is 29.2 Å². The highest BCUT2D eigenvalue weighted by Gasteiger charge is 2.26. The molecule has 1 saturated heterocycles. The van der Waals surface area contributed by atoms with Crippen LogP contribution in [0.25, 0.3) is 0 Å². The van der Waals surface area contributed by atoms with Crippen molar-refractivity contribution in [3.05, 3.63) is 52.2 Å². The normalized spacial score (nSPS) is 16.1. The fourth-order valence-electron chi connectivity index (χ4n) is 3.49. The number of thiophene rings is 1. The highest BCUT2D eigenvalue weighted by atomic mass is 32.2. The van der Waals surface area contributed by atoms with Crippen LogP contribution in [0, 0.1) is 5.92 Å².